The molecule has 1 unspecified atom stereocenters. The summed E-state index contributed by atoms with van der Waals surface area (Å²) in [6.07, 6.45) is 3.86. The van der Waals surface area contributed by atoms with E-state index in [4.69, 9.17) is 4.52 Å². The highest BCUT2D eigenvalue weighted by atomic mass is 31.2. The van der Waals surface area contributed by atoms with Crippen molar-refractivity contribution in [1.29, 1.82) is 0 Å². The number of hydrogen-bond donors (Lipinski definition) is 0. The number of aromatic nitrogens is 7. The summed E-state index contributed by atoms with van der Waals surface area (Å²) in [6, 6.07) is 10.4. The van der Waals surface area contributed by atoms with Crippen LogP contribution in [0.5, 0.6) is 0 Å². The minimum absolute atomic E-state index is 0.151. The van der Waals surface area contributed by atoms with Gasteiger partial charge in [0.2, 0.25) is 13.0 Å². The van der Waals surface area contributed by atoms with Gasteiger partial charge in [0.15, 0.2) is 5.65 Å². The van der Waals surface area contributed by atoms with Crippen molar-refractivity contribution >= 4 is 34.9 Å². The number of aryl methyl sites for hydroxylation is 1. The lowest BCUT2D eigenvalue weighted by molar-refractivity contribution is 0.404. The summed E-state index contributed by atoms with van der Waals surface area (Å²) in [5.41, 5.74) is 3.25. The molecule has 0 aliphatic carbocycles. The Bertz CT molecular complexity index is 1520. The van der Waals surface area contributed by atoms with Gasteiger partial charge in [0.05, 0.1) is 24.0 Å². The van der Waals surface area contributed by atoms with E-state index in [0.29, 0.717) is 39.5 Å². The van der Waals surface area contributed by atoms with Crippen LogP contribution in [0.1, 0.15) is 12.5 Å². The first-order chi connectivity index (χ1) is 15.9. The van der Waals surface area contributed by atoms with Crippen molar-refractivity contribution in [3.8, 4) is 11.3 Å². The number of hydrogen-bond acceptors (Lipinski definition) is 7. The summed E-state index contributed by atoms with van der Waals surface area (Å²) in [7, 11) is 0.410. The second-order valence-electron chi connectivity index (χ2n) is 7.67. The van der Waals surface area contributed by atoms with Gasteiger partial charge in [0, 0.05) is 54.4 Å². The summed E-state index contributed by atoms with van der Waals surface area (Å²) in [4.78, 5) is 9.02. The Morgan fingerprint density at radius 3 is 2.70 bits per heavy atom. The second-order valence-corrected chi connectivity index (χ2v) is 10.5. The third-order valence-corrected chi connectivity index (χ3v) is 8.11. The van der Waals surface area contributed by atoms with Crippen molar-refractivity contribution in [2.75, 3.05) is 13.3 Å². The standard InChI is InChI=1S/C22H21FN7O2P/c1-4-33(31,32-3)17-7-5-14(6-8-17)20-11-24-21-22(25-20)30(28-26-21)13-15-9-16-12-29(2)27-19(16)10-18(15)23/h5-12H,4,13H2,1-3H3. The maximum absolute atomic E-state index is 14.7. The molecule has 0 amide bonds. The number of halogens is 1. The van der Waals surface area contributed by atoms with Gasteiger partial charge < -0.3 is 4.52 Å². The summed E-state index contributed by atoms with van der Waals surface area (Å²) in [6.45, 7) is 1.98. The van der Waals surface area contributed by atoms with Gasteiger partial charge in [-0.1, -0.05) is 24.3 Å². The Balaban J connectivity index is 1.50. The molecule has 9 nitrogen and oxygen atoms in total. The molecule has 3 heterocycles. The second kappa shape index (κ2) is 8.13. The van der Waals surface area contributed by atoms with Crippen LogP contribution < -0.4 is 5.30 Å². The zero-order valence-electron chi connectivity index (χ0n) is 18.3. The van der Waals surface area contributed by atoms with E-state index in [9.17, 15) is 8.96 Å². The first-order valence-corrected chi connectivity index (χ1v) is 12.1. The first kappa shape index (κ1) is 21.4. The first-order valence-electron chi connectivity index (χ1n) is 10.3. The fourth-order valence-electron chi connectivity index (χ4n) is 3.78. The quantitative estimate of drug-likeness (QED) is 0.354. The van der Waals surface area contributed by atoms with Gasteiger partial charge in [0.25, 0.3) is 0 Å². The maximum atomic E-state index is 14.7. The van der Waals surface area contributed by atoms with Crippen LogP contribution >= 0.6 is 7.37 Å². The van der Waals surface area contributed by atoms with E-state index in [0.717, 1.165) is 10.9 Å². The van der Waals surface area contributed by atoms with Crippen LogP contribution in [0.4, 0.5) is 4.39 Å². The molecule has 0 fully saturated rings. The molecule has 11 heteroatoms. The van der Waals surface area contributed by atoms with Gasteiger partial charge in [-0.2, -0.15) is 5.10 Å². The number of benzene rings is 2. The zero-order chi connectivity index (χ0) is 23.2. The highest BCUT2D eigenvalue weighted by Crippen LogP contribution is 2.44. The van der Waals surface area contributed by atoms with Crippen molar-refractivity contribution < 1.29 is 13.5 Å². The molecular formula is C22H21FN7O2P. The average Bonchev–Trinajstić information content (AvgIpc) is 3.40. The van der Waals surface area contributed by atoms with Crippen LogP contribution in [0.3, 0.4) is 0 Å². The molecule has 168 valence electrons. The van der Waals surface area contributed by atoms with E-state index < -0.39 is 7.37 Å². The Hall–Kier alpha value is -3.49. The van der Waals surface area contributed by atoms with Crippen LogP contribution in [0.15, 0.2) is 48.8 Å². The number of nitrogens with zero attached hydrogens (tertiary/aromatic N) is 7. The van der Waals surface area contributed by atoms with Crippen LogP contribution in [-0.2, 0) is 22.7 Å². The number of rotatable bonds is 6. The fraction of sp³-hybridized carbons (Fsp3) is 0.227. The molecular weight excluding hydrogens is 444 g/mol. The average molecular weight is 465 g/mol. The molecule has 0 saturated heterocycles. The molecule has 0 N–H and O–H groups in total. The minimum Gasteiger partial charge on any atom is -0.329 e. The van der Waals surface area contributed by atoms with Crippen LogP contribution in [0, 0.1) is 5.82 Å². The molecule has 0 bridgehead atoms. The molecule has 2 aromatic carbocycles. The number of fused-ring (bicyclic) bond motifs is 2. The molecule has 0 saturated carbocycles. The molecule has 3 aromatic heterocycles. The van der Waals surface area contributed by atoms with E-state index in [-0.39, 0.29) is 12.4 Å². The Labute approximate surface area is 188 Å². The van der Waals surface area contributed by atoms with Crippen molar-refractivity contribution in [1.82, 2.24) is 34.7 Å². The van der Waals surface area contributed by atoms with E-state index in [1.807, 2.05) is 25.3 Å². The van der Waals surface area contributed by atoms with E-state index in [1.54, 1.807) is 36.1 Å². The normalized spacial score (nSPS) is 13.6. The molecule has 5 rings (SSSR count). The summed E-state index contributed by atoms with van der Waals surface area (Å²) < 4.78 is 35.9. The smallest absolute Gasteiger partial charge is 0.231 e. The van der Waals surface area contributed by atoms with Gasteiger partial charge >= 0.3 is 0 Å². The molecule has 0 spiro atoms. The van der Waals surface area contributed by atoms with Crippen molar-refractivity contribution in [2.45, 2.75) is 13.5 Å². The van der Waals surface area contributed by atoms with E-state index in [2.05, 4.69) is 25.4 Å². The highest BCUT2D eigenvalue weighted by Gasteiger charge is 2.22. The Morgan fingerprint density at radius 1 is 1.18 bits per heavy atom. The molecule has 5 aromatic rings. The zero-order valence-corrected chi connectivity index (χ0v) is 19.2. The largest absolute Gasteiger partial charge is 0.329 e. The predicted octanol–water partition coefficient (Wildman–Crippen LogP) is 3.53. The lowest BCUT2D eigenvalue weighted by Crippen LogP contribution is -2.08. The Kier molecular flexibility index (Phi) is 5.26. The van der Waals surface area contributed by atoms with Crippen molar-refractivity contribution in [3.63, 3.8) is 0 Å². The third kappa shape index (κ3) is 3.81. The summed E-state index contributed by atoms with van der Waals surface area (Å²) in [5.74, 6) is -0.372. The van der Waals surface area contributed by atoms with Crippen molar-refractivity contribution in [3.05, 3.63) is 60.2 Å². The van der Waals surface area contributed by atoms with Gasteiger partial charge in [-0.3, -0.25) is 9.25 Å². The predicted molar refractivity (Wildman–Crippen MR) is 123 cm³/mol. The maximum Gasteiger partial charge on any atom is 0.231 e. The highest BCUT2D eigenvalue weighted by molar-refractivity contribution is 7.66. The van der Waals surface area contributed by atoms with Gasteiger partial charge in [-0.15, -0.1) is 5.10 Å². The van der Waals surface area contributed by atoms with Gasteiger partial charge in [-0.25, -0.2) is 19.0 Å². The molecule has 0 aliphatic rings. The topological polar surface area (TPSA) is 101 Å². The van der Waals surface area contributed by atoms with Crippen molar-refractivity contribution in [2.24, 2.45) is 7.05 Å². The SMILES string of the molecule is CCP(=O)(OC)c1ccc(-c2cnc3nnn(Cc4cc5cn(C)nc5cc4F)c3n2)cc1. The molecule has 0 radical (unpaired) electrons. The van der Waals surface area contributed by atoms with Gasteiger partial charge in [-0.05, 0) is 18.2 Å². The van der Waals surface area contributed by atoms with Crippen LogP contribution in [-0.4, -0.2) is 48.0 Å². The molecule has 1 atom stereocenters. The Morgan fingerprint density at radius 2 is 1.97 bits per heavy atom. The fourth-order valence-corrected chi connectivity index (χ4v) is 5.21. The third-order valence-electron chi connectivity index (χ3n) is 5.60. The molecule has 0 aliphatic heterocycles. The van der Waals surface area contributed by atoms with Crippen LogP contribution in [0.25, 0.3) is 33.5 Å². The lowest BCUT2D eigenvalue weighted by Gasteiger charge is -2.14. The lowest BCUT2D eigenvalue weighted by atomic mass is 10.1. The van der Waals surface area contributed by atoms with Crippen LogP contribution in [0.2, 0.25) is 0 Å². The molecule has 33 heavy (non-hydrogen) atoms. The summed E-state index contributed by atoms with van der Waals surface area (Å²) in [5, 5.41) is 13.9. The summed E-state index contributed by atoms with van der Waals surface area (Å²) >= 11 is 0. The van der Waals surface area contributed by atoms with E-state index >= 15 is 0 Å². The van der Waals surface area contributed by atoms with Gasteiger partial charge in [0.1, 0.15) is 5.82 Å². The minimum atomic E-state index is -2.84. The van der Waals surface area contributed by atoms with E-state index in [1.165, 1.54) is 17.9 Å². The monoisotopic (exact) mass is 465 g/mol.